The molecule has 138 valence electrons. The van der Waals surface area contributed by atoms with Crippen LogP contribution in [0.15, 0.2) is 48.5 Å². The number of benzene rings is 2. The van der Waals surface area contributed by atoms with Gasteiger partial charge in [0.15, 0.2) is 11.5 Å². The fourth-order valence-electron chi connectivity index (χ4n) is 2.36. The van der Waals surface area contributed by atoms with Crippen LogP contribution in [-0.2, 0) is 4.79 Å². The molecule has 2 rings (SSSR count). The number of amides is 2. The van der Waals surface area contributed by atoms with E-state index in [-0.39, 0.29) is 24.8 Å². The highest BCUT2D eigenvalue weighted by molar-refractivity contribution is 5.94. The molecule has 0 heterocycles. The molecule has 2 N–H and O–H groups in total. The largest absolute Gasteiger partial charge is 0.493 e. The summed E-state index contributed by atoms with van der Waals surface area (Å²) in [6.07, 6.45) is 0.214. The minimum absolute atomic E-state index is 0.141. The van der Waals surface area contributed by atoms with E-state index < -0.39 is 0 Å². The van der Waals surface area contributed by atoms with Gasteiger partial charge in [0.25, 0.3) is 5.91 Å². The van der Waals surface area contributed by atoms with E-state index in [4.69, 9.17) is 9.47 Å². The van der Waals surface area contributed by atoms with Crippen molar-refractivity contribution in [3.05, 3.63) is 59.7 Å². The standard InChI is InChI=1S/C20H24N2O4/c1-15-6-5-7-16(14-15)20(24)22-11-10-19(23)21-12-13-26-18-9-4-3-8-17(18)25-2/h3-9,14H,10-13H2,1-2H3,(H,21,23)(H,22,24). The molecule has 6 heteroatoms. The molecule has 0 spiro atoms. The predicted molar refractivity (Wildman–Crippen MR) is 99.6 cm³/mol. The fraction of sp³-hybridized carbons (Fsp3) is 0.300. The van der Waals surface area contributed by atoms with Gasteiger partial charge in [-0.2, -0.15) is 0 Å². The normalized spacial score (nSPS) is 10.1. The zero-order valence-corrected chi connectivity index (χ0v) is 15.1. The highest BCUT2D eigenvalue weighted by Crippen LogP contribution is 2.25. The number of methoxy groups -OCH3 is 1. The highest BCUT2D eigenvalue weighted by atomic mass is 16.5. The van der Waals surface area contributed by atoms with E-state index in [9.17, 15) is 9.59 Å². The second-order valence-electron chi connectivity index (χ2n) is 5.72. The third-order valence-corrected chi connectivity index (χ3v) is 3.67. The summed E-state index contributed by atoms with van der Waals surface area (Å²) in [5.41, 5.74) is 1.61. The monoisotopic (exact) mass is 356 g/mol. The van der Waals surface area contributed by atoms with Gasteiger partial charge in [0.05, 0.1) is 13.7 Å². The van der Waals surface area contributed by atoms with Crippen molar-refractivity contribution >= 4 is 11.8 Å². The van der Waals surface area contributed by atoms with Crippen LogP contribution in [0.25, 0.3) is 0 Å². The predicted octanol–water partition coefficient (Wildman–Crippen LogP) is 2.32. The molecule has 2 aromatic rings. The molecule has 0 atom stereocenters. The zero-order valence-electron chi connectivity index (χ0n) is 15.1. The number of para-hydroxylation sites is 2. The van der Waals surface area contributed by atoms with Crippen molar-refractivity contribution in [1.82, 2.24) is 10.6 Å². The quantitative estimate of drug-likeness (QED) is 0.676. The van der Waals surface area contributed by atoms with Crippen molar-refractivity contribution in [2.75, 3.05) is 26.8 Å². The van der Waals surface area contributed by atoms with E-state index in [0.29, 0.717) is 30.2 Å². The maximum atomic E-state index is 12.0. The number of carbonyl (C=O) groups excluding carboxylic acids is 2. The maximum Gasteiger partial charge on any atom is 0.251 e. The Kier molecular flexibility index (Phi) is 7.49. The van der Waals surface area contributed by atoms with Gasteiger partial charge < -0.3 is 20.1 Å². The molecular weight excluding hydrogens is 332 g/mol. The molecule has 0 saturated heterocycles. The van der Waals surface area contributed by atoms with Gasteiger partial charge in [0.2, 0.25) is 5.91 Å². The number of hydrogen-bond acceptors (Lipinski definition) is 4. The smallest absolute Gasteiger partial charge is 0.251 e. The number of rotatable bonds is 9. The van der Waals surface area contributed by atoms with Crippen LogP contribution in [0.4, 0.5) is 0 Å². The van der Waals surface area contributed by atoms with Crippen LogP contribution in [0.5, 0.6) is 11.5 Å². The molecule has 0 unspecified atom stereocenters. The Morgan fingerprint density at radius 2 is 1.73 bits per heavy atom. The number of hydrogen-bond donors (Lipinski definition) is 2. The van der Waals surface area contributed by atoms with E-state index >= 15 is 0 Å². The third-order valence-electron chi connectivity index (χ3n) is 3.67. The first-order valence-corrected chi connectivity index (χ1v) is 8.47. The first kappa shape index (κ1) is 19.3. The van der Waals surface area contributed by atoms with Crippen LogP contribution >= 0.6 is 0 Å². The van der Waals surface area contributed by atoms with E-state index in [0.717, 1.165) is 5.56 Å². The summed E-state index contributed by atoms with van der Waals surface area (Å²) in [5.74, 6) is 0.964. The Morgan fingerprint density at radius 3 is 2.46 bits per heavy atom. The summed E-state index contributed by atoms with van der Waals surface area (Å²) in [4.78, 5) is 23.8. The summed E-state index contributed by atoms with van der Waals surface area (Å²) < 4.78 is 10.8. The van der Waals surface area contributed by atoms with Gasteiger partial charge in [0, 0.05) is 18.5 Å². The molecule has 26 heavy (non-hydrogen) atoms. The number of ether oxygens (including phenoxy) is 2. The lowest BCUT2D eigenvalue weighted by atomic mass is 10.1. The molecule has 0 aliphatic heterocycles. The van der Waals surface area contributed by atoms with Crippen molar-refractivity contribution in [2.24, 2.45) is 0 Å². The Hall–Kier alpha value is -3.02. The zero-order chi connectivity index (χ0) is 18.8. The van der Waals surface area contributed by atoms with Gasteiger partial charge in [-0.1, -0.05) is 29.8 Å². The van der Waals surface area contributed by atoms with Gasteiger partial charge >= 0.3 is 0 Å². The van der Waals surface area contributed by atoms with Crippen LogP contribution in [-0.4, -0.2) is 38.6 Å². The van der Waals surface area contributed by atoms with Crippen molar-refractivity contribution in [3.63, 3.8) is 0 Å². The van der Waals surface area contributed by atoms with Gasteiger partial charge in [-0.25, -0.2) is 0 Å². The SMILES string of the molecule is COc1ccccc1OCCNC(=O)CCNC(=O)c1cccc(C)c1. The molecular formula is C20H24N2O4. The summed E-state index contributed by atoms with van der Waals surface area (Å²) in [6.45, 7) is 2.92. The Balaban J connectivity index is 1.62. The van der Waals surface area contributed by atoms with Crippen LogP contribution in [0.3, 0.4) is 0 Å². The molecule has 0 aliphatic carbocycles. The van der Waals surface area contributed by atoms with E-state index in [1.165, 1.54) is 0 Å². The number of nitrogens with one attached hydrogen (secondary N) is 2. The molecule has 2 aromatic carbocycles. The lowest BCUT2D eigenvalue weighted by Crippen LogP contribution is -2.32. The van der Waals surface area contributed by atoms with Crippen molar-refractivity contribution in [1.29, 1.82) is 0 Å². The second kappa shape index (κ2) is 10.1. The number of carbonyl (C=O) groups is 2. The fourth-order valence-corrected chi connectivity index (χ4v) is 2.36. The minimum Gasteiger partial charge on any atom is -0.493 e. The molecule has 2 amide bonds. The summed E-state index contributed by atoms with van der Waals surface area (Å²) in [7, 11) is 1.58. The Bertz CT molecular complexity index is 746. The Labute approximate surface area is 153 Å². The van der Waals surface area contributed by atoms with Crippen molar-refractivity contribution < 1.29 is 19.1 Å². The van der Waals surface area contributed by atoms with E-state index in [2.05, 4.69) is 10.6 Å². The van der Waals surface area contributed by atoms with E-state index in [1.54, 1.807) is 13.2 Å². The lowest BCUT2D eigenvalue weighted by Gasteiger charge is -2.11. The van der Waals surface area contributed by atoms with Crippen molar-refractivity contribution in [2.45, 2.75) is 13.3 Å². The van der Waals surface area contributed by atoms with E-state index in [1.807, 2.05) is 49.4 Å². The van der Waals surface area contributed by atoms with Crippen LogP contribution < -0.4 is 20.1 Å². The first-order valence-electron chi connectivity index (χ1n) is 8.47. The number of aryl methyl sites for hydroxylation is 1. The van der Waals surface area contributed by atoms with Crippen molar-refractivity contribution in [3.8, 4) is 11.5 Å². The van der Waals surface area contributed by atoms with Gasteiger partial charge in [-0.05, 0) is 31.2 Å². The van der Waals surface area contributed by atoms with Crippen LogP contribution in [0, 0.1) is 6.92 Å². The van der Waals surface area contributed by atoms with Crippen LogP contribution in [0.1, 0.15) is 22.3 Å². The topological polar surface area (TPSA) is 76.7 Å². The molecule has 6 nitrogen and oxygen atoms in total. The Morgan fingerprint density at radius 1 is 0.962 bits per heavy atom. The summed E-state index contributed by atoms with van der Waals surface area (Å²) in [5, 5.41) is 5.50. The maximum absolute atomic E-state index is 12.0. The van der Waals surface area contributed by atoms with Gasteiger partial charge in [0.1, 0.15) is 6.61 Å². The highest BCUT2D eigenvalue weighted by Gasteiger charge is 2.07. The molecule has 0 aliphatic rings. The minimum atomic E-state index is -0.180. The second-order valence-corrected chi connectivity index (χ2v) is 5.72. The third kappa shape index (κ3) is 6.12. The summed E-state index contributed by atoms with van der Waals surface area (Å²) >= 11 is 0. The molecule has 0 aromatic heterocycles. The lowest BCUT2D eigenvalue weighted by molar-refractivity contribution is -0.121. The van der Waals surface area contributed by atoms with Gasteiger partial charge in [-0.3, -0.25) is 9.59 Å². The molecule has 0 bridgehead atoms. The molecule has 0 fully saturated rings. The summed E-state index contributed by atoms with van der Waals surface area (Å²) in [6, 6.07) is 14.6. The first-order chi connectivity index (χ1) is 12.6. The van der Waals surface area contributed by atoms with Crippen LogP contribution in [0.2, 0.25) is 0 Å². The molecule has 0 radical (unpaired) electrons. The average molecular weight is 356 g/mol. The average Bonchev–Trinajstić information content (AvgIpc) is 2.65. The molecule has 0 saturated carbocycles. The van der Waals surface area contributed by atoms with Gasteiger partial charge in [-0.15, -0.1) is 0 Å².